The first-order valence-electron chi connectivity index (χ1n) is 6.01. The van der Waals surface area contributed by atoms with Crippen molar-refractivity contribution >= 4 is 5.91 Å². The predicted octanol–water partition coefficient (Wildman–Crippen LogP) is 1.74. The smallest absolute Gasteiger partial charge is 0.373 e. The third kappa shape index (κ3) is 2.84. The molecule has 1 aliphatic heterocycles. The van der Waals surface area contributed by atoms with Gasteiger partial charge in [0.05, 0.1) is 12.6 Å². The number of aliphatic hydroxyl groups is 1. The van der Waals surface area contributed by atoms with Gasteiger partial charge in [0.25, 0.3) is 5.91 Å². The third-order valence-corrected chi connectivity index (χ3v) is 3.21. The average Bonchev–Trinajstić information content (AvgIpc) is 2.86. The molecular formula is C12H12F4N2O3. The van der Waals surface area contributed by atoms with Crippen molar-refractivity contribution in [3.05, 3.63) is 29.8 Å². The largest absolute Gasteiger partial charge is 0.426 e. The minimum Gasteiger partial charge on any atom is -0.373 e. The van der Waals surface area contributed by atoms with Gasteiger partial charge in [0.1, 0.15) is 0 Å². The van der Waals surface area contributed by atoms with Crippen LogP contribution in [0.4, 0.5) is 17.6 Å². The molecule has 0 aromatic carbocycles. The van der Waals surface area contributed by atoms with E-state index in [0.717, 1.165) is 12.3 Å². The number of carbonyl (C=O) groups excluding carboxylic acids is 1. The van der Waals surface area contributed by atoms with Gasteiger partial charge in [-0.3, -0.25) is 9.63 Å². The van der Waals surface area contributed by atoms with E-state index in [2.05, 4.69) is 4.98 Å². The van der Waals surface area contributed by atoms with Gasteiger partial charge in [0, 0.05) is 12.6 Å². The van der Waals surface area contributed by atoms with Crippen LogP contribution in [0.25, 0.3) is 0 Å². The molecular weight excluding hydrogens is 296 g/mol. The number of nitrogens with zero attached hydrogens (tertiary/aromatic N) is 2. The van der Waals surface area contributed by atoms with E-state index in [1.807, 2.05) is 0 Å². The molecule has 9 heteroatoms. The van der Waals surface area contributed by atoms with Crippen molar-refractivity contribution in [2.45, 2.75) is 31.2 Å². The van der Waals surface area contributed by atoms with Gasteiger partial charge in [-0.05, 0) is 18.6 Å². The molecule has 0 saturated carbocycles. The number of hydrogen-bond donors (Lipinski definition) is 1. The van der Waals surface area contributed by atoms with Gasteiger partial charge >= 0.3 is 6.18 Å². The fourth-order valence-corrected chi connectivity index (χ4v) is 1.89. The average molecular weight is 308 g/mol. The van der Waals surface area contributed by atoms with Crippen molar-refractivity contribution < 1.29 is 32.3 Å². The van der Waals surface area contributed by atoms with E-state index >= 15 is 0 Å². The fourth-order valence-electron chi connectivity index (χ4n) is 1.89. The van der Waals surface area contributed by atoms with Gasteiger partial charge in [-0.25, -0.2) is 10.0 Å². The lowest BCUT2D eigenvalue weighted by molar-refractivity contribution is -0.265. The van der Waals surface area contributed by atoms with Gasteiger partial charge in [-0.15, -0.1) is 0 Å². The molecule has 1 fully saturated rings. The molecule has 1 saturated heterocycles. The van der Waals surface area contributed by atoms with Crippen LogP contribution < -0.4 is 0 Å². The van der Waals surface area contributed by atoms with Crippen molar-refractivity contribution in [3.63, 3.8) is 0 Å². The summed E-state index contributed by atoms with van der Waals surface area (Å²) in [6, 6.07) is 1.46. The Kier molecular flexibility index (Phi) is 3.89. The van der Waals surface area contributed by atoms with E-state index in [4.69, 9.17) is 4.84 Å². The summed E-state index contributed by atoms with van der Waals surface area (Å²) in [6.07, 6.45) is -3.81. The summed E-state index contributed by atoms with van der Waals surface area (Å²) in [7, 11) is 0. The maximum absolute atomic E-state index is 12.8. The summed E-state index contributed by atoms with van der Waals surface area (Å²) in [6.45, 7) is 0.360. The summed E-state index contributed by atoms with van der Waals surface area (Å²) in [4.78, 5) is 20.2. The van der Waals surface area contributed by atoms with Gasteiger partial charge in [-0.2, -0.15) is 17.6 Å². The van der Waals surface area contributed by atoms with Crippen molar-refractivity contribution in [1.29, 1.82) is 0 Å². The van der Waals surface area contributed by atoms with Gasteiger partial charge in [-0.1, -0.05) is 6.07 Å². The molecule has 2 rings (SSSR count). The Morgan fingerprint density at radius 1 is 1.48 bits per heavy atom. The minimum atomic E-state index is -5.14. The molecule has 0 spiro atoms. The van der Waals surface area contributed by atoms with Crippen molar-refractivity contribution in [1.82, 2.24) is 10.0 Å². The molecule has 21 heavy (non-hydrogen) atoms. The van der Waals surface area contributed by atoms with E-state index in [0.29, 0.717) is 17.6 Å². The SMILES string of the molecule is C[C@](O)(C(=O)N1OCC[C@H]1c1ccc(F)nc1)C(F)(F)F. The van der Waals surface area contributed by atoms with Crippen LogP contribution in [0.2, 0.25) is 0 Å². The second-order valence-corrected chi connectivity index (χ2v) is 4.75. The number of alkyl halides is 3. The van der Waals surface area contributed by atoms with Crippen LogP contribution in [0.1, 0.15) is 24.9 Å². The second-order valence-electron chi connectivity index (χ2n) is 4.75. The Hall–Kier alpha value is -1.74. The standard InChI is InChI=1S/C12H12F4N2O3/c1-11(20,12(14,15)16)10(19)18-8(4-5-21-18)7-2-3-9(13)17-6-7/h2-3,6,8,20H,4-5H2,1H3/t8-,11-/m0/s1. The predicted molar refractivity (Wildman–Crippen MR) is 61.0 cm³/mol. The highest BCUT2D eigenvalue weighted by Crippen LogP contribution is 2.37. The van der Waals surface area contributed by atoms with Gasteiger partial charge in [0.15, 0.2) is 0 Å². The molecule has 1 amide bonds. The monoisotopic (exact) mass is 308 g/mol. The van der Waals surface area contributed by atoms with E-state index < -0.39 is 29.7 Å². The zero-order valence-corrected chi connectivity index (χ0v) is 10.9. The molecule has 0 bridgehead atoms. The maximum atomic E-state index is 12.8. The van der Waals surface area contributed by atoms with E-state index in [9.17, 15) is 27.5 Å². The van der Waals surface area contributed by atoms with Crippen LogP contribution in [0, 0.1) is 5.95 Å². The molecule has 2 atom stereocenters. The van der Waals surface area contributed by atoms with Crippen molar-refractivity contribution in [2.75, 3.05) is 6.61 Å². The summed E-state index contributed by atoms with van der Waals surface area (Å²) in [5.74, 6) is -2.38. The van der Waals surface area contributed by atoms with Crippen LogP contribution in [0.3, 0.4) is 0 Å². The van der Waals surface area contributed by atoms with Crippen LogP contribution >= 0.6 is 0 Å². The fraction of sp³-hybridized carbons (Fsp3) is 0.500. The van der Waals surface area contributed by atoms with Crippen LogP contribution in [0.5, 0.6) is 0 Å². The zero-order chi connectivity index (χ0) is 15.8. The Morgan fingerprint density at radius 2 is 2.14 bits per heavy atom. The molecule has 1 aromatic rings. The Morgan fingerprint density at radius 3 is 2.67 bits per heavy atom. The number of aromatic nitrogens is 1. The Labute approximate surface area is 117 Å². The molecule has 2 heterocycles. The number of amides is 1. The molecule has 0 aliphatic carbocycles. The molecule has 0 radical (unpaired) electrons. The van der Waals surface area contributed by atoms with E-state index in [1.165, 1.54) is 6.07 Å². The summed E-state index contributed by atoms with van der Waals surface area (Å²) < 4.78 is 50.9. The summed E-state index contributed by atoms with van der Waals surface area (Å²) in [5.41, 5.74) is -3.25. The first-order chi connectivity index (χ1) is 9.64. The highest BCUT2D eigenvalue weighted by molar-refractivity contribution is 5.85. The lowest BCUT2D eigenvalue weighted by atomic mass is 10.0. The van der Waals surface area contributed by atoms with Gasteiger partial charge < -0.3 is 5.11 Å². The molecule has 1 N–H and O–H groups in total. The molecule has 1 aliphatic rings. The molecule has 0 unspecified atom stereocenters. The van der Waals surface area contributed by atoms with Crippen molar-refractivity contribution in [2.24, 2.45) is 0 Å². The number of pyridine rings is 1. The Bertz CT molecular complexity index is 530. The topological polar surface area (TPSA) is 62.7 Å². The first kappa shape index (κ1) is 15.6. The third-order valence-electron chi connectivity index (χ3n) is 3.21. The number of halogens is 4. The van der Waals surface area contributed by atoms with Crippen molar-refractivity contribution in [3.8, 4) is 0 Å². The van der Waals surface area contributed by atoms with Crippen LogP contribution in [-0.4, -0.2) is 39.4 Å². The second kappa shape index (κ2) is 5.23. The number of hydroxylamine groups is 2. The number of hydrogen-bond acceptors (Lipinski definition) is 4. The van der Waals surface area contributed by atoms with E-state index in [1.54, 1.807) is 0 Å². The first-order valence-corrected chi connectivity index (χ1v) is 6.01. The minimum absolute atomic E-state index is 0.00171. The highest BCUT2D eigenvalue weighted by Gasteiger charge is 2.59. The highest BCUT2D eigenvalue weighted by atomic mass is 19.4. The quantitative estimate of drug-likeness (QED) is 0.668. The zero-order valence-electron chi connectivity index (χ0n) is 10.9. The molecule has 1 aromatic heterocycles. The lowest BCUT2D eigenvalue weighted by Gasteiger charge is -2.31. The van der Waals surface area contributed by atoms with Crippen LogP contribution in [-0.2, 0) is 9.63 Å². The number of rotatable bonds is 2. The Balaban J connectivity index is 2.27. The van der Waals surface area contributed by atoms with Crippen LogP contribution in [0.15, 0.2) is 18.3 Å². The summed E-state index contributed by atoms with van der Waals surface area (Å²) >= 11 is 0. The van der Waals surface area contributed by atoms with E-state index in [-0.39, 0.29) is 13.0 Å². The molecule has 5 nitrogen and oxygen atoms in total. The number of carbonyl (C=O) groups is 1. The lowest BCUT2D eigenvalue weighted by Crippen LogP contribution is -2.55. The van der Waals surface area contributed by atoms with Gasteiger partial charge in [0.2, 0.25) is 11.5 Å². The maximum Gasteiger partial charge on any atom is 0.426 e. The molecule has 116 valence electrons. The normalized spacial score (nSPS) is 22.2. The summed E-state index contributed by atoms with van der Waals surface area (Å²) in [5, 5.41) is 9.89.